The molecule has 7 heteroatoms. The van der Waals surface area contributed by atoms with E-state index in [4.69, 9.17) is 4.74 Å². The third-order valence-electron chi connectivity index (χ3n) is 7.91. The van der Waals surface area contributed by atoms with E-state index in [0.29, 0.717) is 19.6 Å². The Balaban J connectivity index is 1.24. The molecule has 6 rings (SSSR count). The molecule has 3 aromatic carbocycles. The molecule has 1 N–H and O–H groups in total. The van der Waals surface area contributed by atoms with Crippen LogP contribution in [0.4, 0.5) is 24.5 Å². The van der Waals surface area contributed by atoms with Crippen LogP contribution < -0.4 is 9.64 Å². The molecule has 0 radical (unpaired) electrons. The van der Waals surface area contributed by atoms with Crippen molar-refractivity contribution in [3.8, 4) is 5.75 Å². The molecular weight excluding hydrogens is 467 g/mol. The maximum Gasteiger partial charge on any atom is 0.418 e. The topological polar surface area (TPSA) is 49.8 Å². The summed E-state index contributed by atoms with van der Waals surface area (Å²) in [4.78, 5) is 13.2. The van der Waals surface area contributed by atoms with Crippen LogP contribution in [-0.2, 0) is 36.8 Å². The first-order chi connectivity index (χ1) is 17.3. The molecule has 1 saturated carbocycles. The number of aryl methyl sites for hydroxylation is 1. The Labute approximate surface area is 207 Å². The van der Waals surface area contributed by atoms with Gasteiger partial charge in [0.15, 0.2) is 0 Å². The van der Waals surface area contributed by atoms with Crippen molar-refractivity contribution in [1.29, 1.82) is 0 Å². The number of anilines is 2. The number of fused-ring (bicyclic) bond motifs is 4. The first-order valence-electron chi connectivity index (χ1n) is 12.3. The van der Waals surface area contributed by atoms with Crippen molar-refractivity contribution in [1.82, 2.24) is 0 Å². The first-order valence-corrected chi connectivity index (χ1v) is 12.3. The number of carboxylic acids is 1. The van der Waals surface area contributed by atoms with Crippen LogP contribution in [0.5, 0.6) is 5.75 Å². The molecule has 0 bridgehead atoms. The number of rotatable bonds is 6. The lowest BCUT2D eigenvalue weighted by Gasteiger charge is -2.24. The Hall–Kier alpha value is -3.48. The Morgan fingerprint density at radius 2 is 1.89 bits per heavy atom. The predicted molar refractivity (Wildman–Crippen MR) is 130 cm³/mol. The second kappa shape index (κ2) is 8.29. The number of hydrogen-bond acceptors (Lipinski definition) is 3. The first kappa shape index (κ1) is 23.0. The number of carboxylic acid groups (broad SMARTS) is 1. The minimum absolute atomic E-state index is 0.124. The van der Waals surface area contributed by atoms with Crippen molar-refractivity contribution in [3.05, 3.63) is 88.0 Å². The quantitative estimate of drug-likeness (QED) is 0.425. The standard InChI is InChI=1S/C29H26F3NO3/c1-2-17-12-20-19(13-21-26(20)27(21)28(34)35)14-25(17)36-15-16-7-8-18-9-10-33(24(18)11-16)23-6-4-3-5-22(23)29(30,31)32/h3-8,11-12,14,21,26-27H,2,9-10,13,15H2,1H3,(H,34,35). The van der Waals surface area contributed by atoms with Gasteiger partial charge in [-0.2, -0.15) is 13.2 Å². The van der Waals surface area contributed by atoms with Crippen molar-refractivity contribution >= 4 is 17.3 Å². The molecule has 3 atom stereocenters. The SMILES string of the molecule is CCc1cc2c(cc1OCc1ccc3c(c1)N(c1ccccc1C(F)(F)F)CC3)CC1C(C(=O)O)C21. The zero-order chi connectivity index (χ0) is 25.2. The van der Waals surface area contributed by atoms with Gasteiger partial charge in [-0.05, 0) is 77.3 Å². The van der Waals surface area contributed by atoms with Gasteiger partial charge in [-0.1, -0.05) is 37.3 Å². The Bertz CT molecular complexity index is 1370. The number of nitrogens with zero attached hydrogens (tertiary/aromatic N) is 1. The van der Waals surface area contributed by atoms with Crippen LogP contribution in [0.3, 0.4) is 0 Å². The van der Waals surface area contributed by atoms with E-state index in [1.807, 2.05) is 25.1 Å². The Morgan fingerprint density at radius 3 is 2.64 bits per heavy atom. The predicted octanol–water partition coefficient (Wildman–Crippen LogP) is 6.51. The molecular formula is C29H26F3NO3. The molecule has 4 nitrogen and oxygen atoms in total. The van der Waals surface area contributed by atoms with Crippen LogP contribution in [0.15, 0.2) is 54.6 Å². The summed E-state index contributed by atoms with van der Waals surface area (Å²) in [6.45, 7) is 2.85. The summed E-state index contributed by atoms with van der Waals surface area (Å²) >= 11 is 0. The second-order valence-electron chi connectivity index (χ2n) is 9.94. The monoisotopic (exact) mass is 493 g/mol. The maximum atomic E-state index is 13.6. The van der Waals surface area contributed by atoms with Crippen LogP contribution in [0.2, 0.25) is 0 Å². The fraction of sp³-hybridized carbons (Fsp3) is 0.345. The lowest BCUT2D eigenvalue weighted by Crippen LogP contribution is -2.19. The molecule has 0 spiro atoms. The maximum absolute atomic E-state index is 13.6. The highest BCUT2D eigenvalue weighted by Gasteiger charge is 2.59. The summed E-state index contributed by atoms with van der Waals surface area (Å²) in [5, 5.41) is 9.41. The molecule has 3 aliphatic rings. The molecule has 186 valence electrons. The highest BCUT2D eigenvalue weighted by Crippen LogP contribution is 2.62. The summed E-state index contributed by atoms with van der Waals surface area (Å²) < 4.78 is 47.2. The van der Waals surface area contributed by atoms with E-state index in [0.717, 1.165) is 52.6 Å². The zero-order valence-corrected chi connectivity index (χ0v) is 19.8. The van der Waals surface area contributed by atoms with Gasteiger partial charge in [0.25, 0.3) is 0 Å². The van der Waals surface area contributed by atoms with Crippen molar-refractivity contribution < 1.29 is 27.8 Å². The number of alkyl halides is 3. The number of para-hydroxylation sites is 1. The molecule has 1 fully saturated rings. The number of carbonyl (C=O) groups is 1. The van der Waals surface area contributed by atoms with Gasteiger partial charge in [-0.3, -0.25) is 4.79 Å². The summed E-state index contributed by atoms with van der Waals surface area (Å²) in [7, 11) is 0. The normalized spacial score (nSPS) is 21.7. The van der Waals surface area contributed by atoms with Crippen LogP contribution in [0.25, 0.3) is 0 Å². The fourth-order valence-electron chi connectivity index (χ4n) is 6.10. The highest BCUT2D eigenvalue weighted by molar-refractivity contribution is 5.78. The van der Waals surface area contributed by atoms with Crippen LogP contribution in [-0.4, -0.2) is 17.6 Å². The minimum atomic E-state index is -4.42. The largest absolute Gasteiger partial charge is 0.489 e. The van der Waals surface area contributed by atoms with Crippen molar-refractivity contribution in [2.75, 3.05) is 11.4 Å². The van der Waals surface area contributed by atoms with Gasteiger partial charge in [0, 0.05) is 18.2 Å². The van der Waals surface area contributed by atoms with Crippen LogP contribution in [0, 0.1) is 11.8 Å². The summed E-state index contributed by atoms with van der Waals surface area (Å²) in [6, 6.07) is 15.8. The van der Waals surface area contributed by atoms with Gasteiger partial charge < -0.3 is 14.7 Å². The van der Waals surface area contributed by atoms with Gasteiger partial charge in [0.05, 0.1) is 17.2 Å². The second-order valence-corrected chi connectivity index (χ2v) is 9.94. The summed E-state index contributed by atoms with van der Waals surface area (Å²) in [5.74, 6) is 0.145. The third kappa shape index (κ3) is 3.72. The van der Waals surface area contributed by atoms with E-state index in [1.54, 1.807) is 11.0 Å². The molecule has 0 aromatic heterocycles. The summed E-state index contributed by atoms with van der Waals surface area (Å²) in [6.07, 6.45) is -2.20. The van der Waals surface area contributed by atoms with Gasteiger partial charge >= 0.3 is 12.1 Å². The number of halogens is 3. The molecule has 3 unspecified atom stereocenters. The number of benzene rings is 3. The smallest absolute Gasteiger partial charge is 0.418 e. The summed E-state index contributed by atoms with van der Waals surface area (Å²) in [5.41, 5.74) is 5.60. The van der Waals surface area contributed by atoms with Crippen LogP contribution >= 0.6 is 0 Å². The third-order valence-corrected chi connectivity index (χ3v) is 7.91. The van der Waals surface area contributed by atoms with Gasteiger partial charge in [0.1, 0.15) is 12.4 Å². The van der Waals surface area contributed by atoms with Crippen molar-refractivity contribution in [2.45, 2.75) is 44.9 Å². The van der Waals surface area contributed by atoms with Crippen molar-refractivity contribution in [2.24, 2.45) is 11.8 Å². The van der Waals surface area contributed by atoms with E-state index in [1.165, 1.54) is 17.7 Å². The zero-order valence-electron chi connectivity index (χ0n) is 19.8. The molecule has 36 heavy (non-hydrogen) atoms. The van der Waals surface area contributed by atoms with E-state index in [-0.39, 0.29) is 23.4 Å². The van der Waals surface area contributed by atoms with Gasteiger partial charge in [-0.25, -0.2) is 0 Å². The average Bonchev–Trinajstić information content (AvgIpc) is 3.23. The van der Waals surface area contributed by atoms with E-state index >= 15 is 0 Å². The average molecular weight is 494 g/mol. The lowest BCUT2D eigenvalue weighted by atomic mass is 9.98. The molecule has 3 aromatic rings. The van der Waals surface area contributed by atoms with E-state index in [2.05, 4.69) is 12.1 Å². The van der Waals surface area contributed by atoms with Crippen LogP contribution in [0.1, 0.15) is 46.2 Å². The lowest BCUT2D eigenvalue weighted by molar-refractivity contribution is -0.139. The van der Waals surface area contributed by atoms with E-state index < -0.39 is 17.7 Å². The molecule has 0 amide bonds. The Morgan fingerprint density at radius 1 is 1.08 bits per heavy atom. The number of hydrogen-bond donors (Lipinski definition) is 1. The minimum Gasteiger partial charge on any atom is -0.489 e. The number of ether oxygens (including phenoxy) is 1. The molecule has 1 aliphatic heterocycles. The van der Waals surface area contributed by atoms with Gasteiger partial charge in [0.2, 0.25) is 0 Å². The van der Waals surface area contributed by atoms with Gasteiger partial charge in [-0.15, -0.1) is 0 Å². The molecule has 2 aliphatic carbocycles. The number of aliphatic carboxylic acids is 1. The van der Waals surface area contributed by atoms with Crippen molar-refractivity contribution in [3.63, 3.8) is 0 Å². The Kier molecular flexibility index (Phi) is 5.28. The molecule has 1 heterocycles. The van der Waals surface area contributed by atoms with E-state index in [9.17, 15) is 23.1 Å². The fourth-order valence-corrected chi connectivity index (χ4v) is 6.10. The molecule has 0 saturated heterocycles. The highest BCUT2D eigenvalue weighted by atomic mass is 19.4.